The van der Waals surface area contributed by atoms with Gasteiger partial charge in [-0.3, -0.25) is 9.69 Å². The quantitative estimate of drug-likeness (QED) is 0.565. The molecule has 0 spiro atoms. The molecule has 1 aliphatic carbocycles. The van der Waals surface area contributed by atoms with Gasteiger partial charge in [0.2, 0.25) is 0 Å². The van der Waals surface area contributed by atoms with Crippen LogP contribution in [0.1, 0.15) is 42.4 Å². The number of rotatable bonds is 6. The highest BCUT2D eigenvalue weighted by Gasteiger charge is 2.30. The molecule has 0 radical (unpaired) electrons. The number of carboxylic acid groups (broad SMARTS) is 1. The van der Waals surface area contributed by atoms with Crippen LogP contribution in [-0.4, -0.2) is 30.3 Å². The maximum atomic E-state index is 12.9. The zero-order valence-corrected chi connectivity index (χ0v) is 17.6. The number of anilines is 1. The summed E-state index contributed by atoms with van der Waals surface area (Å²) in [7, 11) is 0. The molecule has 0 aromatic heterocycles. The molecule has 0 heterocycles. The van der Waals surface area contributed by atoms with Crippen molar-refractivity contribution in [2.24, 2.45) is 0 Å². The van der Waals surface area contributed by atoms with E-state index in [4.69, 9.17) is 4.74 Å². The van der Waals surface area contributed by atoms with Crippen molar-refractivity contribution in [2.75, 3.05) is 18.1 Å². The zero-order valence-electron chi connectivity index (χ0n) is 17.6. The molecular weight excluding hydrogens is 390 g/mol. The number of nitrogens with zero attached hydrogens (tertiary/aromatic N) is 1. The van der Waals surface area contributed by atoms with Gasteiger partial charge in [-0.25, -0.2) is 4.79 Å². The second kappa shape index (κ2) is 8.64. The summed E-state index contributed by atoms with van der Waals surface area (Å²) >= 11 is 0. The Kier molecular flexibility index (Phi) is 5.76. The van der Waals surface area contributed by atoms with Crippen molar-refractivity contribution in [2.45, 2.75) is 25.7 Å². The van der Waals surface area contributed by atoms with Gasteiger partial charge >= 0.3 is 12.1 Å². The second-order valence-electron chi connectivity index (χ2n) is 8.03. The number of benzene rings is 3. The van der Waals surface area contributed by atoms with Crippen LogP contribution in [-0.2, 0) is 9.53 Å². The summed E-state index contributed by atoms with van der Waals surface area (Å²) < 4.78 is 5.66. The van der Waals surface area contributed by atoms with Crippen LogP contribution in [0.2, 0.25) is 0 Å². The summed E-state index contributed by atoms with van der Waals surface area (Å²) in [6, 6.07) is 23.5. The Morgan fingerprint density at radius 1 is 0.903 bits per heavy atom. The van der Waals surface area contributed by atoms with Gasteiger partial charge in [-0.2, -0.15) is 0 Å². The second-order valence-corrected chi connectivity index (χ2v) is 8.03. The molecule has 0 unspecified atom stereocenters. The van der Waals surface area contributed by atoms with E-state index >= 15 is 0 Å². The summed E-state index contributed by atoms with van der Waals surface area (Å²) in [5.74, 6) is -0.829. The molecule has 5 heteroatoms. The van der Waals surface area contributed by atoms with Crippen molar-refractivity contribution in [3.8, 4) is 11.1 Å². The van der Waals surface area contributed by atoms with Crippen molar-refractivity contribution >= 4 is 17.7 Å². The molecule has 31 heavy (non-hydrogen) atoms. The third kappa shape index (κ3) is 4.17. The predicted octanol–water partition coefficient (Wildman–Crippen LogP) is 5.65. The Morgan fingerprint density at radius 2 is 1.45 bits per heavy atom. The Hall–Kier alpha value is -3.60. The van der Waals surface area contributed by atoms with E-state index in [1.165, 1.54) is 4.90 Å². The van der Waals surface area contributed by atoms with Crippen LogP contribution in [0.5, 0.6) is 0 Å². The minimum absolute atomic E-state index is 0.0775. The van der Waals surface area contributed by atoms with E-state index in [1.54, 1.807) is 12.1 Å². The maximum absolute atomic E-state index is 12.9. The van der Waals surface area contributed by atoms with Gasteiger partial charge in [0.05, 0.1) is 0 Å². The molecule has 0 fully saturated rings. The normalized spacial score (nSPS) is 12.4. The first kappa shape index (κ1) is 20.7. The Labute approximate surface area is 181 Å². The highest BCUT2D eigenvalue weighted by Crippen LogP contribution is 2.44. The Morgan fingerprint density at radius 3 is 1.97 bits per heavy atom. The molecule has 0 atom stereocenters. The van der Waals surface area contributed by atoms with Crippen molar-refractivity contribution in [1.82, 2.24) is 0 Å². The number of ether oxygens (including phenoxy) is 1. The van der Waals surface area contributed by atoms with Gasteiger partial charge in [0.15, 0.2) is 0 Å². The third-order valence-electron chi connectivity index (χ3n) is 5.72. The average molecular weight is 415 g/mol. The minimum atomic E-state index is -1.10. The standard InChI is InChI=1S/C26H25NO4/c1-17(2)18-11-13-19(14-12-18)27(15-25(28)29)26(30)31-16-24-22-9-5-3-7-20(22)21-8-4-6-10-23(21)24/h3-14,17,24H,15-16H2,1-2H3,(H,28,29). The lowest BCUT2D eigenvalue weighted by Crippen LogP contribution is -2.36. The van der Waals surface area contributed by atoms with Crippen LogP contribution in [0.4, 0.5) is 10.5 Å². The lowest BCUT2D eigenvalue weighted by molar-refractivity contribution is -0.135. The van der Waals surface area contributed by atoms with E-state index in [-0.39, 0.29) is 12.5 Å². The SMILES string of the molecule is CC(C)c1ccc(N(CC(=O)O)C(=O)OCC2c3ccccc3-c3ccccc32)cc1. The van der Waals surface area contributed by atoms with Crippen LogP contribution in [0.3, 0.4) is 0 Å². The number of aliphatic carboxylic acids is 1. The van der Waals surface area contributed by atoms with Gasteiger partial charge in [-0.1, -0.05) is 74.5 Å². The van der Waals surface area contributed by atoms with E-state index in [2.05, 4.69) is 26.0 Å². The summed E-state index contributed by atoms with van der Waals surface area (Å²) in [6.07, 6.45) is -0.665. The number of amides is 1. The number of carboxylic acids is 1. The van der Waals surface area contributed by atoms with Gasteiger partial charge in [-0.05, 0) is 45.9 Å². The number of hydrogen-bond acceptors (Lipinski definition) is 3. The smallest absolute Gasteiger partial charge is 0.414 e. The van der Waals surface area contributed by atoms with E-state index < -0.39 is 18.6 Å². The van der Waals surface area contributed by atoms with Gasteiger partial charge in [-0.15, -0.1) is 0 Å². The van der Waals surface area contributed by atoms with Crippen molar-refractivity contribution in [1.29, 1.82) is 0 Å². The fourth-order valence-corrected chi connectivity index (χ4v) is 4.11. The molecular formula is C26H25NO4. The first-order chi connectivity index (χ1) is 15.0. The molecule has 1 amide bonds. The van der Waals surface area contributed by atoms with Gasteiger partial charge in [0.1, 0.15) is 13.2 Å². The summed E-state index contributed by atoms with van der Waals surface area (Å²) in [5.41, 5.74) is 6.14. The molecule has 3 aromatic carbocycles. The van der Waals surface area contributed by atoms with Crippen LogP contribution in [0.15, 0.2) is 72.8 Å². The molecule has 1 aliphatic rings. The predicted molar refractivity (Wildman–Crippen MR) is 121 cm³/mol. The summed E-state index contributed by atoms with van der Waals surface area (Å²) in [4.78, 5) is 25.5. The number of carbonyl (C=O) groups excluding carboxylic acids is 1. The van der Waals surface area contributed by atoms with Crippen molar-refractivity contribution < 1.29 is 19.4 Å². The lowest BCUT2D eigenvalue weighted by Gasteiger charge is -2.22. The molecule has 4 rings (SSSR count). The molecule has 0 bridgehead atoms. The van der Waals surface area contributed by atoms with Crippen molar-refractivity contribution in [3.63, 3.8) is 0 Å². The average Bonchev–Trinajstić information content (AvgIpc) is 3.09. The van der Waals surface area contributed by atoms with Crippen LogP contribution >= 0.6 is 0 Å². The highest BCUT2D eigenvalue weighted by molar-refractivity contribution is 5.93. The molecule has 0 saturated heterocycles. The van der Waals surface area contributed by atoms with Crippen LogP contribution in [0.25, 0.3) is 11.1 Å². The zero-order chi connectivity index (χ0) is 22.0. The molecule has 1 N–H and O–H groups in total. The number of carbonyl (C=O) groups is 2. The number of fused-ring (bicyclic) bond motifs is 3. The van der Waals surface area contributed by atoms with E-state index in [0.29, 0.717) is 11.6 Å². The number of hydrogen-bond donors (Lipinski definition) is 1. The monoisotopic (exact) mass is 415 g/mol. The molecule has 5 nitrogen and oxygen atoms in total. The fraction of sp³-hybridized carbons (Fsp3) is 0.231. The largest absolute Gasteiger partial charge is 0.480 e. The van der Waals surface area contributed by atoms with E-state index in [1.807, 2.05) is 48.5 Å². The van der Waals surface area contributed by atoms with Gasteiger partial charge in [0, 0.05) is 11.6 Å². The lowest BCUT2D eigenvalue weighted by atomic mass is 9.98. The van der Waals surface area contributed by atoms with Crippen molar-refractivity contribution in [3.05, 3.63) is 89.5 Å². The Bertz CT molecular complexity index is 1060. The van der Waals surface area contributed by atoms with Gasteiger partial charge < -0.3 is 9.84 Å². The molecule has 158 valence electrons. The maximum Gasteiger partial charge on any atom is 0.414 e. The summed E-state index contributed by atoms with van der Waals surface area (Å²) in [6.45, 7) is 3.84. The Balaban J connectivity index is 1.55. The topological polar surface area (TPSA) is 66.8 Å². The van der Waals surface area contributed by atoms with E-state index in [9.17, 15) is 14.7 Å². The van der Waals surface area contributed by atoms with Crippen LogP contribution in [0, 0.1) is 0 Å². The summed E-state index contributed by atoms with van der Waals surface area (Å²) in [5, 5.41) is 9.33. The first-order valence-corrected chi connectivity index (χ1v) is 10.4. The van der Waals surface area contributed by atoms with Gasteiger partial charge in [0.25, 0.3) is 0 Å². The molecule has 0 saturated carbocycles. The minimum Gasteiger partial charge on any atom is -0.480 e. The first-order valence-electron chi connectivity index (χ1n) is 10.4. The van der Waals surface area contributed by atoms with E-state index in [0.717, 1.165) is 27.8 Å². The van der Waals surface area contributed by atoms with Crippen LogP contribution < -0.4 is 4.90 Å². The molecule has 3 aromatic rings. The highest BCUT2D eigenvalue weighted by atomic mass is 16.6. The third-order valence-corrected chi connectivity index (χ3v) is 5.72. The molecule has 0 aliphatic heterocycles. The fourth-order valence-electron chi connectivity index (χ4n) is 4.11.